The summed E-state index contributed by atoms with van der Waals surface area (Å²) >= 11 is 0. The summed E-state index contributed by atoms with van der Waals surface area (Å²) in [5.74, 6) is 3.60. The lowest BCUT2D eigenvalue weighted by molar-refractivity contribution is 0.311. The number of H-pyrrole nitrogens is 1. The van der Waals surface area contributed by atoms with Crippen LogP contribution in [0.5, 0.6) is 0 Å². The number of aromatic amines is 1. The van der Waals surface area contributed by atoms with Gasteiger partial charge in [-0.05, 0) is 18.2 Å². The molecule has 2 aromatic rings. The van der Waals surface area contributed by atoms with E-state index in [1.54, 1.807) is 18.3 Å². The van der Waals surface area contributed by atoms with Gasteiger partial charge in [0.2, 0.25) is 0 Å². The summed E-state index contributed by atoms with van der Waals surface area (Å²) in [7, 11) is 0. The zero-order valence-corrected chi connectivity index (χ0v) is 7.75. The minimum atomic E-state index is 0.100. The first-order valence-electron chi connectivity index (χ1n) is 3.98. The second-order valence-corrected chi connectivity index (χ2v) is 2.66. The van der Waals surface area contributed by atoms with Gasteiger partial charge in [0.25, 0.3) is 0 Å². The number of hydrogen-bond donors (Lipinski definition) is 5. The Hall–Kier alpha value is -2.12. The molecular weight excluding hydrogens is 198 g/mol. The Bertz CT molecular complexity index is 465. The predicted octanol–water partition coefficient (Wildman–Crippen LogP) is -0.00830. The summed E-state index contributed by atoms with van der Waals surface area (Å²) in [6, 6.07) is 5.39. The van der Waals surface area contributed by atoms with E-state index >= 15 is 0 Å². The van der Waals surface area contributed by atoms with Crippen LogP contribution in [0.15, 0.2) is 29.6 Å². The Morgan fingerprint density at radius 3 is 2.80 bits per heavy atom. The molecule has 0 saturated carbocycles. The Morgan fingerprint density at radius 2 is 2.13 bits per heavy atom. The number of benzene rings is 1. The lowest BCUT2D eigenvalue weighted by Gasteiger charge is -1.96. The van der Waals surface area contributed by atoms with Gasteiger partial charge in [0.15, 0.2) is 5.84 Å². The molecule has 0 radical (unpaired) electrons. The number of amidine groups is 1. The molecule has 0 aliphatic carbocycles. The van der Waals surface area contributed by atoms with Crippen LogP contribution in [0.3, 0.4) is 0 Å². The number of nitrogens with zero attached hydrogens (tertiary/aromatic N) is 2. The summed E-state index contributed by atoms with van der Waals surface area (Å²) in [6.07, 6.45) is 1.68. The van der Waals surface area contributed by atoms with E-state index in [0.29, 0.717) is 5.56 Å². The SMILES string of the molecule is NC(=NO)c1ccc2[nH]ncc2c1.NO. The average molecular weight is 209 g/mol. The Balaban J connectivity index is 0.000000531. The molecule has 0 spiro atoms. The smallest absolute Gasteiger partial charge is 0.170 e. The summed E-state index contributed by atoms with van der Waals surface area (Å²) < 4.78 is 0. The van der Waals surface area contributed by atoms with Crippen LogP contribution in [0.4, 0.5) is 0 Å². The topological polar surface area (TPSA) is 134 Å². The molecule has 0 saturated heterocycles. The van der Waals surface area contributed by atoms with Gasteiger partial charge < -0.3 is 16.1 Å². The van der Waals surface area contributed by atoms with Crippen molar-refractivity contribution in [3.63, 3.8) is 0 Å². The minimum Gasteiger partial charge on any atom is -0.409 e. The number of nitrogens with two attached hydrogens (primary N) is 2. The van der Waals surface area contributed by atoms with E-state index in [1.165, 1.54) is 0 Å². The zero-order valence-electron chi connectivity index (χ0n) is 7.75. The van der Waals surface area contributed by atoms with Crippen molar-refractivity contribution >= 4 is 16.7 Å². The number of rotatable bonds is 1. The van der Waals surface area contributed by atoms with Gasteiger partial charge in [-0.1, -0.05) is 5.16 Å². The van der Waals surface area contributed by atoms with Crippen molar-refractivity contribution in [3.05, 3.63) is 30.0 Å². The van der Waals surface area contributed by atoms with Gasteiger partial charge in [0.1, 0.15) is 0 Å². The van der Waals surface area contributed by atoms with Crippen molar-refractivity contribution in [2.75, 3.05) is 0 Å². The summed E-state index contributed by atoms with van der Waals surface area (Å²) in [4.78, 5) is 0. The molecule has 2 rings (SSSR count). The van der Waals surface area contributed by atoms with Gasteiger partial charge in [-0.15, -0.1) is 0 Å². The molecule has 0 amide bonds. The first kappa shape index (κ1) is 11.0. The van der Waals surface area contributed by atoms with E-state index in [-0.39, 0.29) is 5.84 Å². The largest absolute Gasteiger partial charge is 0.409 e. The normalized spacial score (nSPS) is 10.9. The summed E-state index contributed by atoms with van der Waals surface area (Å²) in [5.41, 5.74) is 7.03. The highest BCUT2D eigenvalue weighted by molar-refractivity contribution is 6.00. The van der Waals surface area contributed by atoms with Crippen molar-refractivity contribution in [2.24, 2.45) is 16.8 Å². The molecule has 0 unspecified atom stereocenters. The van der Waals surface area contributed by atoms with E-state index in [9.17, 15) is 0 Å². The molecule has 1 heterocycles. The molecular formula is C8H11N5O2. The molecule has 0 atom stereocenters. The highest BCUT2D eigenvalue weighted by Crippen LogP contribution is 2.12. The number of hydrogen-bond acceptors (Lipinski definition) is 5. The second-order valence-electron chi connectivity index (χ2n) is 2.66. The Kier molecular flexibility index (Phi) is 3.61. The van der Waals surface area contributed by atoms with Crippen LogP contribution < -0.4 is 11.6 Å². The van der Waals surface area contributed by atoms with Gasteiger partial charge in [0.05, 0.1) is 11.7 Å². The van der Waals surface area contributed by atoms with E-state index in [1.807, 2.05) is 6.07 Å². The molecule has 1 aromatic carbocycles. The third-order valence-electron chi connectivity index (χ3n) is 1.84. The van der Waals surface area contributed by atoms with Gasteiger partial charge in [-0.2, -0.15) is 5.10 Å². The van der Waals surface area contributed by atoms with E-state index in [4.69, 9.17) is 16.1 Å². The lowest BCUT2D eigenvalue weighted by atomic mass is 10.1. The monoisotopic (exact) mass is 209 g/mol. The van der Waals surface area contributed by atoms with Gasteiger partial charge in [0, 0.05) is 10.9 Å². The van der Waals surface area contributed by atoms with E-state index in [0.717, 1.165) is 10.9 Å². The van der Waals surface area contributed by atoms with Crippen molar-refractivity contribution in [2.45, 2.75) is 0 Å². The van der Waals surface area contributed by atoms with E-state index in [2.05, 4.69) is 21.3 Å². The maximum absolute atomic E-state index is 8.45. The third kappa shape index (κ3) is 2.22. The minimum absolute atomic E-state index is 0.100. The number of aromatic nitrogens is 2. The molecule has 0 fully saturated rings. The summed E-state index contributed by atoms with van der Waals surface area (Å²) in [5, 5.41) is 25.5. The Labute approximate surface area is 85.0 Å². The summed E-state index contributed by atoms with van der Waals surface area (Å²) in [6.45, 7) is 0. The molecule has 80 valence electrons. The van der Waals surface area contributed by atoms with Gasteiger partial charge >= 0.3 is 0 Å². The quantitative estimate of drug-likeness (QED) is 0.195. The molecule has 0 aliphatic rings. The molecule has 1 aromatic heterocycles. The maximum Gasteiger partial charge on any atom is 0.170 e. The van der Waals surface area contributed by atoms with Crippen LogP contribution >= 0.6 is 0 Å². The zero-order chi connectivity index (χ0) is 11.3. The fourth-order valence-corrected chi connectivity index (χ4v) is 1.16. The third-order valence-corrected chi connectivity index (χ3v) is 1.84. The van der Waals surface area contributed by atoms with Crippen LogP contribution in [0, 0.1) is 0 Å². The molecule has 7 nitrogen and oxygen atoms in total. The number of nitrogens with one attached hydrogen (secondary N) is 1. The first-order valence-corrected chi connectivity index (χ1v) is 3.98. The highest BCUT2D eigenvalue weighted by Gasteiger charge is 2.01. The molecule has 15 heavy (non-hydrogen) atoms. The van der Waals surface area contributed by atoms with Gasteiger partial charge in [-0.25, -0.2) is 5.90 Å². The standard InChI is InChI=1S/C8H8N4O.H3NO/c9-8(12-13)5-1-2-7-6(3-5)4-10-11-7;1-2/h1-4,13H,(H2,9,12)(H,10,11);2H,1H2. The van der Waals surface area contributed by atoms with Crippen molar-refractivity contribution < 1.29 is 10.4 Å². The molecule has 0 bridgehead atoms. The Morgan fingerprint density at radius 1 is 1.40 bits per heavy atom. The fourth-order valence-electron chi connectivity index (χ4n) is 1.16. The lowest BCUT2D eigenvalue weighted by Crippen LogP contribution is -2.12. The molecule has 7 heteroatoms. The first-order chi connectivity index (χ1) is 7.31. The van der Waals surface area contributed by atoms with Crippen molar-refractivity contribution in [1.82, 2.24) is 10.2 Å². The van der Waals surface area contributed by atoms with Crippen LogP contribution in [0.25, 0.3) is 10.9 Å². The number of oxime groups is 1. The number of fused-ring (bicyclic) bond motifs is 1. The van der Waals surface area contributed by atoms with Crippen LogP contribution in [0.2, 0.25) is 0 Å². The molecule has 0 aliphatic heterocycles. The molecule has 7 N–H and O–H groups in total. The highest BCUT2D eigenvalue weighted by atomic mass is 16.4. The average Bonchev–Trinajstić information content (AvgIpc) is 2.77. The van der Waals surface area contributed by atoms with Gasteiger partial charge in [-0.3, -0.25) is 5.10 Å². The van der Waals surface area contributed by atoms with Crippen LogP contribution in [-0.4, -0.2) is 26.4 Å². The van der Waals surface area contributed by atoms with Crippen LogP contribution in [-0.2, 0) is 0 Å². The fraction of sp³-hybridized carbons (Fsp3) is 0. The maximum atomic E-state index is 8.45. The van der Waals surface area contributed by atoms with Crippen molar-refractivity contribution in [1.29, 1.82) is 0 Å². The second kappa shape index (κ2) is 4.94. The van der Waals surface area contributed by atoms with Crippen LogP contribution in [0.1, 0.15) is 5.56 Å². The van der Waals surface area contributed by atoms with Crippen molar-refractivity contribution in [3.8, 4) is 0 Å². The predicted molar refractivity (Wildman–Crippen MR) is 54.6 cm³/mol. The van der Waals surface area contributed by atoms with E-state index < -0.39 is 0 Å².